The van der Waals surface area contributed by atoms with Gasteiger partial charge in [0.05, 0.1) is 40.6 Å². The Hall–Kier alpha value is -4.61. The zero-order valence-electron chi connectivity index (χ0n) is 25.5. The number of non-ortho nitro benzene ring substituents is 2. The first kappa shape index (κ1) is 34.9. The van der Waals surface area contributed by atoms with E-state index in [2.05, 4.69) is 6.92 Å². The van der Waals surface area contributed by atoms with Crippen LogP contribution in [0.4, 0.5) is 11.4 Å². The summed E-state index contributed by atoms with van der Waals surface area (Å²) < 4.78 is 15.9. The number of benzene rings is 2. The SMILES string of the molecule is CCCCC1CCC(C(=O)Oc2ccc(C=CC(=O)OCCCCCCOC(=O)c3cc([N+](=O)[O-])cc([N+](=O)[O-])c3)cc2)CC1. The Labute approximate surface area is 262 Å². The maximum atomic E-state index is 12.6. The molecule has 242 valence electrons. The molecule has 12 nitrogen and oxygen atoms in total. The van der Waals surface area contributed by atoms with Crippen molar-refractivity contribution in [2.75, 3.05) is 13.2 Å². The smallest absolute Gasteiger partial charge is 0.338 e. The summed E-state index contributed by atoms with van der Waals surface area (Å²) in [4.78, 5) is 57.1. The number of hydrogen-bond donors (Lipinski definition) is 0. The molecule has 0 spiro atoms. The summed E-state index contributed by atoms with van der Waals surface area (Å²) >= 11 is 0. The zero-order valence-corrected chi connectivity index (χ0v) is 25.5. The third-order valence-electron chi connectivity index (χ3n) is 7.73. The number of esters is 3. The van der Waals surface area contributed by atoms with Gasteiger partial charge in [0.25, 0.3) is 11.4 Å². The zero-order chi connectivity index (χ0) is 32.6. The van der Waals surface area contributed by atoms with Crippen molar-refractivity contribution in [1.82, 2.24) is 0 Å². The highest BCUT2D eigenvalue weighted by Crippen LogP contribution is 2.33. The lowest BCUT2D eigenvalue weighted by atomic mass is 9.80. The Morgan fingerprint density at radius 3 is 2.00 bits per heavy atom. The molecule has 3 rings (SSSR count). The van der Waals surface area contributed by atoms with Gasteiger partial charge in [0.1, 0.15) is 5.75 Å². The summed E-state index contributed by atoms with van der Waals surface area (Å²) in [5.41, 5.74) is -0.638. The number of rotatable bonds is 17. The van der Waals surface area contributed by atoms with Gasteiger partial charge < -0.3 is 14.2 Å². The van der Waals surface area contributed by atoms with Gasteiger partial charge in [0.2, 0.25) is 0 Å². The Balaban J connectivity index is 1.27. The van der Waals surface area contributed by atoms with Crippen molar-refractivity contribution in [2.24, 2.45) is 11.8 Å². The molecular formula is C33H40N2O10. The van der Waals surface area contributed by atoms with E-state index in [-0.39, 0.29) is 30.7 Å². The van der Waals surface area contributed by atoms with Crippen molar-refractivity contribution in [1.29, 1.82) is 0 Å². The van der Waals surface area contributed by atoms with Gasteiger partial charge in [-0.05, 0) is 81.1 Å². The van der Waals surface area contributed by atoms with Crippen LogP contribution in [0.15, 0.2) is 48.5 Å². The molecule has 2 aromatic rings. The molecule has 0 bridgehead atoms. The average molecular weight is 625 g/mol. The van der Waals surface area contributed by atoms with Crippen LogP contribution in [0.1, 0.15) is 93.5 Å². The van der Waals surface area contributed by atoms with E-state index in [0.717, 1.165) is 55.4 Å². The first-order chi connectivity index (χ1) is 21.7. The Morgan fingerprint density at radius 1 is 0.822 bits per heavy atom. The lowest BCUT2D eigenvalue weighted by Crippen LogP contribution is -2.25. The number of ether oxygens (including phenoxy) is 3. The molecule has 1 saturated carbocycles. The van der Waals surface area contributed by atoms with E-state index < -0.39 is 33.2 Å². The molecule has 0 aromatic heterocycles. The number of nitrogens with zero attached hydrogens (tertiary/aromatic N) is 2. The average Bonchev–Trinajstić information content (AvgIpc) is 3.04. The van der Waals surface area contributed by atoms with Gasteiger partial charge >= 0.3 is 17.9 Å². The van der Waals surface area contributed by atoms with Gasteiger partial charge in [-0.2, -0.15) is 0 Å². The number of hydrogen-bond acceptors (Lipinski definition) is 10. The normalized spacial score (nSPS) is 16.2. The van der Waals surface area contributed by atoms with Gasteiger partial charge in [0.15, 0.2) is 0 Å². The van der Waals surface area contributed by atoms with Crippen LogP contribution >= 0.6 is 0 Å². The monoisotopic (exact) mass is 624 g/mol. The van der Waals surface area contributed by atoms with Crippen LogP contribution in [0, 0.1) is 32.1 Å². The van der Waals surface area contributed by atoms with Gasteiger partial charge in [-0.1, -0.05) is 38.3 Å². The molecule has 1 fully saturated rings. The second-order valence-electron chi connectivity index (χ2n) is 11.2. The van der Waals surface area contributed by atoms with Gasteiger partial charge in [-0.3, -0.25) is 25.0 Å². The van der Waals surface area contributed by atoms with Crippen molar-refractivity contribution >= 4 is 35.4 Å². The van der Waals surface area contributed by atoms with E-state index >= 15 is 0 Å². The van der Waals surface area contributed by atoms with Crippen LogP contribution in [0.3, 0.4) is 0 Å². The van der Waals surface area contributed by atoms with Crippen molar-refractivity contribution in [3.63, 3.8) is 0 Å². The van der Waals surface area contributed by atoms with E-state index in [1.807, 2.05) is 0 Å². The van der Waals surface area contributed by atoms with Crippen molar-refractivity contribution in [3.05, 3.63) is 79.9 Å². The van der Waals surface area contributed by atoms with E-state index in [9.17, 15) is 34.6 Å². The second kappa shape index (κ2) is 18.3. The third-order valence-corrected chi connectivity index (χ3v) is 7.73. The summed E-state index contributed by atoms with van der Waals surface area (Å²) in [6, 6.07) is 9.59. The minimum absolute atomic E-state index is 0.0377. The minimum Gasteiger partial charge on any atom is -0.463 e. The fourth-order valence-electron chi connectivity index (χ4n) is 5.14. The lowest BCUT2D eigenvalue weighted by molar-refractivity contribution is -0.394. The van der Waals surface area contributed by atoms with Gasteiger partial charge in [-0.15, -0.1) is 0 Å². The molecule has 0 saturated heterocycles. The van der Waals surface area contributed by atoms with E-state index in [0.29, 0.717) is 31.4 Å². The first-order valence-electron chi connectivity index (χ1n) is 15.4. The van der Waals surface area contributed by atoms with Crippen molar-refractivity contribution in [3.8, 4) is 5.75 Å². The quantitative estimate of drug-likeness (QED) is 0.0433. The Morgan fingerprint density at radius 2 is 1.42 bits per heavy atom. The predicted molar refractivity (Wildman–Crippen MR) is 166 cm³/mol. The fraction of sp³-hybridized carbons (Fsp3) is 0.485. The van der Waals surface area contributed by atoms with E-state index in [1.165, 1.54) is 25.3 Å². The molecule has 0 aliphatic heterocycles. The number of nitro groups is 2. The van der Waals surface area contributed by atoms with E-state index in [4.69, 9.17) is 14.2 Å². The highest BCUT2D eigenvalue weighted by molar-refractivity contribution is 5.91. The number of unbranched alkanes of at least 4 members (excludes halogenated alkanes) is 4. The third kappa shape index (κ3) is 12.1. The number of nitro benzene ring substituents is 2. The highest BCUT2D eigenvalue weighted by Gasteiger charge is 2.27. The molecule has 0 atom stereocenters. The molecule has 0 N–H and O–H groups in total. The second-order valence-corrected chi connectivity index (χ2v) is 11.2. The molecule has 1 aliphatic carbocycles. The van der Waals surface area contributed by atoms with Crippen LogP contribution in [0.5, 0.6) is 5.75 Å². The summed E-state index contributed by atoms with van der Waals surface area (Å²) in [5, 5.41) is 21.9. The highest BCUT2D eigenvalue weighted by atomic mass is 16.6. The molecule has 0 amide bonds. The molecule has 12 heteroatoms. The van der Waals surface area contributed by atoms with Crippen LogP contribution in [-0.2, 0) is 19.1 Å². The predicted octanol–water partition coefficient (Wildman–Crippen LogP) is 7.38. The van der Waals surface area contributed by atoms with Crippen LogP contribution in [0.25, 0.3) is 6.08 Å². The maximum absolute atomic E-state index is 12.6. The standard InChI is InChI=1S/C33H40N2O10/c1-2-3-8-24-9-14-26(15-10-24)33(38)45-30-16-11-25(12-17-30)13-18-31(36)43-19-6-4-5-7-20-44-32(37)27-21-28(34(39)40)23-29(22-27)35(41)42/h11-13,16-18,21-24,26H,2-10,14-15,19-20H2,1H3. The van der Waals surface area contributed by atoms with Gasteiger partial charge in [-0.25, -0.2) is 9.59 Å². The van der Waals surface area contributed by atoms with Crippen LogP contribution in [-0.4, -0.2) is 41.0 Å². The Kier molecular flexibility index (Phi) is 14.1. The molecule has 0 unspecified atom stereocenters. The number of carbonyl (C=O) groups excluding carboxylic acids is 3. The molecule has 45 heavy (non-hydrogen) atoms. The van der Waals surface area contributed by atoms with E-state index in [1.54, 1.807) is 30.3 Å². The maximum Gasteiger partial charge on any atom is 0.338 e. The topological polar surface area (TPSA) is 165 Å². The molecular weight excluding hydrogens is 584 g/mol. The first-order valence-corrected chi connectivity index (χ1v) is 15.4. The largest absolute Gasteiger partial charge is 0.463 e. The van der Waals surface area contributed by atoms with Crippen LogP contribution < -0.4 is 4.74 Å². The molecule has 1 aliphatic rings. The Bertz CT molecular complexity index is 1320. The molecule has 2 aromatic carbocycles. The minimum atomic E-state index is -0.881. The molecule has 0 heterocycles. The van der Waals surface area contributed by atoms with Crippen molar-refractivity contribution in [2.45, 2.75) is 77.6 Å². The lowest BCUT2D eigenvalue weighted by Gasteiger charge is -2.27. The van der Waals surface area contributed by atoms with Crippen LogP contribution in [0.2, 0.25) is 0 Å². The summed E-state index contributed by atoms with van der Waals surface area (Å²) in [6.45, 7) is 2.46. The van der Waals surface area contributed by atoms with Gasteiger partial charge in [0, 0.05) is 18.2 Å². The summed E-state index contributed by atoms with van der Waals surface area (Å²) in [7, 11) is 0. The summed E-state index contributed by atoms with van der Waals surface area (Å²) in [6.07, 6.45) is 13.1. The summed E-state index contributed by atoms with van der Waals surface area (Å²) in [5.74, 6) is -0.379. The fourth-order valence-corrected chi connectivity index (χ4v) is 5.14. The number of carbonyl (C=O) groups is 3. The van der Waals surface area contributed by atoms with Crippen molar-refractivity contribution < 1.29 is 38.4 Å². The molecule has 0 radical (unpaired) electrons.